The van der Waals surface area contributed by atoms with Crippen LogP contribution in [0.1, 0.15) is 26.3 Å². The number of hydrogen-bond acceptors (Lipinski definition) is 3. The van der Waals surface area contributed by atoms with E-state index < -0.39 is 15.8 Å². The number of halogens is 2. The Balaban J connectivity index is 3.19. The highest BCUT2D eigenvalue weighted by Crippen LogP contribution is 2.24. The third kappa shape index (κ3) is 4.15. The van der Waals surface area contributed by atoms with Crippen LogP contribution in [0.25, 0.3) is 0 Å². The van der Waals surface area contributed by atoms with Crippen molar-refractivity contribution >= 4 is 21.6 Å². The highest BCUT2D eigenvalue weighted by atomic mass is 35.5. The molecule has 0 spiro atoms. The highest BCUT2D eigenvalue weighted by Gasteiger charge is 2.22. The zero-order valence-electron chi connectivity index (χ0n) is 12.0. The summed E-state index contributed by atoms with van der Waals surface area (Å²) in [5, 5.41) is 2.76. The van der Waals surface area contributed by atoms with Crippen LogP contribution in [-0.2, 0) is 16.6 Å². The first-order chi connectivity index (χ1) is 9.19. The number of hydrogen-bond donors (Lipinski definition) is 2. The van der Waals surface area contributed by atoms with Gasteiger partial charge < -0.3 is 5.32 Å². The van der Waals surface area contributed by atoms with E-state index in [0.717, 1.165) is 6.07 Å². The highest BCUT2D eigenvalue weighted by molar-refractivity contribution is 7.89. The second-order valence-corrected chi connectivity index (χ2v) is 7.15. The minimum absolute atomic E-state index is 0.0600. The predicted molar refractivity (Wildman–Crippen MR) is 78.8 cm³/mol. The molecule has 1 aromatic carbocycles. The van der Waals surface area contributed by atoms with Crippen molar-refractivity contribution in [2.24, 2.45) is 5.92 Å². The van der Waals surface area contributed by atoms with E-state index >= 15 is 0 Å². The maximum atomic E-state index is 13.7. The smallest absolute Gasteiger partial charge is 0.240 e. The van der Waals surface area contributed by atoms with Crippen molar-refractivity contribution in [1.82, 2.24) is 10.0 Å². The van der Waals surface area contributed by atoms with E-state index in [2.05, 4.69) is 10.0 Å². The summed E-state index contributed by atoms with van der Waals surface area (Å²) in [6.45, 7) is 5.87. The third-order valence-electron chi connectivity index (χ3n) is 3.10. The van der Waals surface area contributed by atoms with Crippen molar-refractivity contribution in [2.75, 3.05) is 7.05 Å². The van der Waals surface area contributed by atoms with Gasteiger partial charge in [0.2, 0.25) is 10.0 Å². The topological polar surface area (TPSA) is 58.2 Å². The molecule has 0 saturated carbocycles. The Morgan fingerprint density at radius 2 is 1.90 bits per heavy atom. The van der Waals surface area contributed by atoms with Gasteiger partial charge in [0.25, 0.3) is 0 Å². The van der Waals surface area contributed by atoms with Crippen molar-refractivity contribution in [3.8, 4) is 0 Å². The summed E-state index contributed by atoms with van der Waals surface area (Å²) in [5.41, 5.74) is 0.409. The number of benzene rings is 1. The second kappa shape index (κ2) is 6.85. The Morgan fingerprint density at radius 3 is 2.40 bits per heavy atom. The van der Waals surface area contributed by atoms with Crippen molar-refractivity contribution < 1.29 is 12.8 Å². The fraction of sp³-hybridized carbons (Fsp3) is 0.538. The van der Waals surface area contributed by atoms with Gasteiger partial charge >= 0.3 is 0 Å². The molecule has 0 radical (unpaired) electrons. The van der Waals surface area contributed by atoms with E-state index in [1.807, 2.05) is 13.8 Å². The van der Waals surface area contributed by atoms with Gasteiger partial charge in [0.15, 0.2) is 0 Å². The molecule has 0 saturated heterocycles. The molecular weight excluding hydrogens is 303 g/mol. The molecule has 0 heterocycles. The summed E-state index contributed by atoms with van der Waals surface area (Å²) < 4.78 is 40.7. The molecule has 0 aromatic heterocycles. The molecule has 0 aliphatic rings. The van der Waals surface area contributed by atoms with E-state index in [1.54, 1.807) is 14.0 Å². The predicted octanol–water partition coefficient (Wildman–Crippen LogP) is 2.52. The normalized spacial score (nSPS) is 13.8. The van der Waals surface area contributed by atoms with Crippen LogP contribution in [0, 0.1) is 11.7 Å². The zero-order valence-corrected chi connectivity index (χ0v) is 13.6. The lowest BCUT2D eigenvalue weighted by Crippen LogP contribution is -2.36. The number of nitrogens with one attached hydrogen (secondary N) is 2. The Morgan fingerprint density at radius 1 is 1.30 bits per heavy atom. The average Bonchev–Trinajstić information content (AvgIpc) is 2.34. The first-order valence-corrected chi connectivity index (χ1v) is 8.20. The summed E-state index contributed by atoms with van der Waals surface area (Å²) in [6, 6.07) is 2.08. The van der Waals surface area contributed by atoms with Gasteiger partial charge in [0.05, 0.1) is 9.92 Å². The van der Waals surface area contributed by atoms with Crippen LogP contribution in [0.3, 0.4) is 0 Å². The maximum Gasteiger partial charge on any atom is 0.240 e. The first-order valence-electron chi connectivity index (χ1n) is 6.34. The van der Waals surface area contributed by atoms with Gasteiger partial charge in [-0.25, -0.2) is 17.5 Å². The van der Waals surface area contributed by atoms with Gasteiger partial charge in [-0.1, -0.05) is 25.4 Å². The minimum atomic E-state index is -3.76. The molecule has 0 fully saturated rings. The molecule has 7 heteroatoms. The van der Waals surface area contributed by atoms with Gasteiger partial charge in [-0.3, -0.25) is 0 Å². The summed E-state index contributed by atoms with van der Waals surface area (Å²) in [5.74, 6) is -0.601. The molecular formula is C13H20ClFN2O2S. The van der Waals surface area contributed by atoms with Gasteiger partial charge in [0.1, 0.15) is 5.82 Å². The monoisotopic (exact) mass is 322 g/mol. The van der Waals surface area contributed by atoms with Gasteiger partial charge in [-0.15, -0.1) is 0 Å². The standard InChI is InChI=1S/C13H20ClFN2O2S/c1-8(2)9(3)17-20(18,19)11-5-10(7-16-4)13(14)12(15)6-11/h5-6,8-9,16-17H,7H2,1-4H3. The van der Waals surface area contributed by atoms with E-state index in [-0.39, 0.29) is 21.9 Å². The maximum absolute atomic E-state index is 13.7. The molecule has 1 aromatic rings. The summed E-state index contributed by atoms with van der Waals surface area (Å²) >= 11 is 5.82. The van der Waals surface area contributed by atoms with E-state index in [0.29, 0.717) is 12.1 Å². The average molecular weight is 323 g/mol. The van der Waals surface area contributed by atoms with E-state index in [4.69, 9.17) is 11.6 Å². The molecule has 0 amide bonds. The van der Waals surface area contributed by atoms with Crippen LogP contribution >= 0.6 is 11.6 Å². The SMILES string of the molecule is CNCc1cc(S(=O)(=O)NC(C)C(C)C)cc(F)c1Cl. The van der Waals surface area contributed by atoms with E-state index in [9.17, 15) is 12.8 Å². The lowest BCUT2D eigenvalue weighted by molar-refractivity contribution is 0.476. The van der Waals surface area contributed by atoms with Gasteiger partial charge in [0, 0.05) is 12.6 Å². The summed E-state index contributed by atoms with van der Waals surface area (Å²) in [6.07, 6.45) is 0. The molecule has 1 atom stereocenters. The first kappa shape index (κ1) is 17.4. The molecule has 0 bridgehead atoms. The number of rotatable bonds is 6. The summed E-state index contributed by atoms with van der Waals surface area (Å²) in [7, 11) is -2.09. The quantitative estimate of drug-likeness (QED) is 0.846. The molecule has 114 valence electrons. The Labute approximate surface area is 124 Å². The molecule has 1 unspecified atom stereocenters. The Bertz CT molecular complexity index is 576. The minimum Gasteiger partial charge on any atom is -0.316 e. The molecule has 4 nitrogen and oxygen atoms in total. The largest absolute Gasteiger partial charge is 0.316 e. The molecule has 1 rings (SSSR count). The lowest BCUT2D eigenvalue weighted by Gasteiger charge is -2.18. The van der Waals surface area contributed by atoms with Gasteiger partial charge in [-0.2, -0.15) is 0 Å². The fourth-order valence-electron chi connectivity index (χ4n) is 1.54. The van der Waals surface area contributed by atoms with Crippen LogP contribution in [-0.4, -0.2) is 21.5 Å². The van der Waals surface area contributed by atoms with Crippen molar-refractivity contribution in [2.45, 2.75) is 38.3 Å². The van der Waals surface area contributed by atoms with Crippen molar-refractivity contribution in [3.05, 3.63) is 28.5 Å². The molecule has 0 aliphatic heterocycles. The summed E-state index contributed by atoms with van der Waals surface area (Å²) in [4.78, 5) is -0.114. The fourth-order valence-corrected chi connectivity index (χ4v) is 3.17. The molecule has 20 heavy (non-hydrogen) atoms. The van der Waals surface area contributed by atoms with E-state index in [1.165, 1.54) is 6.07 Å². The zero-order chi connectivity index (χ0) is 15.5. The molecule has 0 aliphatic carbocycles. The third-order valence-corrected chi connectivity index (χ3v) is 5.06. The van der Waals surface area contributed by atoms with Crippen LogP contribution in [0.15, 0.2) is 17.0 Å². The van der Waals surface area contributed by atoms with Crippen LogP contribution in [0.2, 0.25) is 5.02 Å². The van der Waals surface area contributed by atoms with Crippen LogP contribution < -0.4 is 10.0 Å². The second-order valence-electron chi connectivity index (χ2n) is 5.06. The Kier molecular flexibility index (Phi) is 5.94. The van der Waals surface area contributed by atoms with Crippen LogP contribution in [0.4, 0.5) is 4.39 Å². The van der Waals surface area contributed by atoms with Gasteiger partial charge in [-0.05, 0) is 37.6 Å². The lowest BCUT2D eigenvalue weighted by atomic mass is 10.1. The Hall–Kier alpha value is -0.690. The van der Waals surface area contributed by atoms with Crippen molar-refractivity contribution in [3.63, 3.8) is 0 Å². The van der Waals surface area contributed by atoms with Crippen LogP contribution in [0.5, 0.6) is 0 Å². The molecule has 2 N–H and O–H groups in total. The van der Waals surface area contributed by atoms with Crippen molar-refractivity contribution in [1.29, 1.82) is 0 Å². The number of sulfonamides is 1.